The summed E-state index contributed by atoms with van der Waals surface area (Å²) in [6.07, 6.45) is -4.85. The predicted molar refractivity (Wildman–Crippen MR) is 55.7 cm³/mol. The molecular weight excluding hydrogens is 344 g/mol. The fourth-order valence-corrected chi connectivity index (χ4v) is 1.12. The zero-order valence-electron chi connectivity index (χ0n) is 10.8. The van der Waals surface area contributed by atoms with Crippen molar-refractivity contribution in [2.45, 2.75) is 30.6 Å². The van der Waals surface area contributed by atoms with Crippen LogP contribution in [-0.4, -0.2) is 75.2 Å². The van der Waals surface area contributed by atoms with Gasteiger partial charge in [0.25, 0.3) is 0 Å². The fourth-order valence-electron chi connectivity index (χ4n) is 1.12. The standard InChI is InChI=1S/C6H13NO5.ClH.2Na.H2O4S/c7-3-5(10)4(9)2(1-8)12-6(3)11;;;;1-5(2,3)4/h2-6,8-11H,1,7H2;1H;;;(H2,1,2,3,4)/q;;2*+1;/p-2/t2-,3-,4-,5-,6?;;;;/m1..../s1. The molecule has 1 aliphatic heterocycles. The summed E-state index contributed by atoms with van der Waals surface area (Å²) < 4.78 is 38.8. The van der Waals surface area contributed by atoms with Gasteiger partial charge in [-0.25, -0.2) is 0 Å². The molecule has 0 spiro atoms. The van der Waals surface area contributed by atoms with Gasteiger partial charge in [-0.05, 0) is 0 Å². The molecule has 1 rings (SSSR count). The number of hydrogen-bond donors (Lipinski definition) is 5. The number of nitrogens with two attached hydrogens (primary N) is 1. The quantitative estimate of drug-likeness (QED) is 0.171. The number of rotatable bonds is 1. The summed E-state index contributed by atoms with van der Waals surface area (Å²) in [6.45, 7) is -0.470. The van der Waals surface area contributed by atoms with Crippen molar-refractivity contribution in [2.75, 3.05) is 6.61 Å². The molecule has 1 heterocycles. The van der Waals surface area contributed by atoms with E-state index in [1.165, 1.54) is 0 Å². The van der Waals surface area contributed by atoms with Crippen LogP contribution in [0, 0.1) is 0 Å². The summed E-state index contributed by atoms with van der Waals surface area (Å²) in [6, 6.07) is -1.04. The van der Waals surface area contributed by atoms with E-state index in [0.717, 1.165) is 0 Å². The van der Waals surface area contributed by atoms with Crippen LogP contribution in [0.4, 0.5) is 0 Å². The van der Waals surface area contributed by atoms with E-state index in [0.29, 0.717) is 0 Å². The van der Waals surface area contributed by atoms with Gasteiger partial charge in [0.15, 0.2) is 6.29 Å². The average molecular weight is 358 g/mol. The molecule has 1 fully saturated rings. The first-order valence-electron chi connectivity index (χ1n) is 4.30. The maximum absolute atomic E-state index is 9.20. The first kappa shape index (κ1) is 29.9. The maximum atomic E-state index is 9.20. The Morgan fingerprint density at radius 2 is 1.45 bits per heavy atom. The Balaban J connectivity index is -0.000000141. The zero-order chi connectivity index (χ0) is 13.8. The molecule has 0 aromatic rings. The van der Waals surface area contributed by atoms with E-state index in [1.54, 1.807) is 0 Å². The molecule has 0 radical (unpaired) electrons. The molecule has 10 nitrogen and oxygen atoms in total. The van der Waals surface area contributed by atoms with E-state index in [4.69, 9.17) is 38.2 Å². The van der Waals surface area contributed by atoms with Gasteiger partial charge in [-0.15, -0.1) is 12.4 Å². The van der Waals surface area contributed by atoms with Crippen LogP contribution in [0.5, 0.6) is 0 Å². The van der Waals surface area contributed by atoms with E-state index in [-0.39, 0.29) is 71.5 Å². The molecule has 5 atom stereocenters. The van der Waals surface area contributed by atoms with E-state index in [1.807, 2.05) is 0 Å². The summed E-state index contributed by atoms with van der Waals surface area (Å²) in [4.78, 5) is 0. The molecule has 0 saturated carbocycles. The largest absolute Gasteiger partial charge is 1.00 e. The van der Waals surface area contributed by atoms with Gasteiger partial charge in [0.1, 0.15) is 18.3 Å². The second kappa shape index (κ2) is 13.4. The van der Waals surface area contributed by atoms with Gasteiger partial charge in [0.2, 0.25) is 0 Å². The van der Waals surface area contributed by atoms with Crippen LogP contribution in [0.1, 0.15) is 0 Å². The van der Waals surface area contributed by atoms with Crippen molar-refractivity contribution in [1.82, 2.24) is 0 Å². The fraction of sp³-hybridized carbons (Fsp3) is 1.00. The van der Waals surface area contributed by atoms with Gasteiger partial charge >= 0.3 is 59.1 Å². The minimum absolute atomic E-state index is 0. The average Bonchev–Trinajstić information content (AvgIpc) is 2.18. The predicted octanol–water partition coefficient (Wildman–Crippen LogP) is -10.2. The second-order valence-electron chi connectivity index (χ2n) is 3.21. The molecule has 0 aliphatic carbocycles. The van der Waals surface area contributed by atoms with Crippen molar-refractivity contribution in [3.8, 4) is 0 Å². The van der Waals surface area contributed by atoms with Crippen LogP contribution in [0.15, 0.2) is 0 Å². The summed E-state index contributed by atoms with van der Waals surface area (Å²) in [7, 11) is -5.17. The molecule has 0 aromatic heterocycles. The Hall–Kier alpha value is 1.92. The first-order valence-corrected chi connectivity index (χ1v) is 5.64. The molecular formula is C6H14ClNNa2O9S. The van der Waals surface area contributed by atoms with E-state index in [9.17, 15) is 10.2 Å². The number of ether oxygens (including phenoxy) is 1. The summed E-state index contributed by atoms with van der Waals surface area (Å²) in [5.41, 5.74) is 5.26. The van der Waals surface area contributed by atoms with Crippen molar-refractivity contribution in [1.29, 1.82) is 0 Å². The van der Waals surface area contributed by atoms with Crippen LogP contribution in [-0.2, 0) is 15.1 Å². The van der Waals surface area contributed by atoms with Crippen LogP contribution in [0.2, 0.25) is 0 Å². The Labute approximate surface area is 166 Å². The summed E-state index contributed by atoms with van der Waals surface area (Å²) in [5.74, 6) is 0. The zero-order valence-corrected chi connectivity index (χ0v) is 16.5. The topological polar surface area (TPSA) is 196 Å². The van der Waals surface area contributed by atoms with Crippen LogP contribution in [0.25, 0.3) is 0 Å². The number of halogens is 1. The Kier molecular flexibility index (Phi) is 20.0. The van der Waals surface area contributed by atoms with Gasteiger partial charge in [0.05, 0.1) is 12.6 Å². The molecule has 1 saturated heterocycles. The third kappa shape index (κ3) is 12.5. The minimum atomic E-state index is -5.17. The van der Waals surface area contributed by atoms with Crippen molar-refractivity contribution >= 4 is 22.8 Å². The Bertz CT molecular complexity index is 322. The third-order valence-electron chi connectivity index (χ3n) is 1.95. The van der Waals surface area contributed by atoms with Gasteiger partial charge in [-0.2, -0.15) is 0 Å². The van der Waals surface area contributed by atoms with Gasteiger partial charge in [-0.3, -0.25) is 8.42 Å². The van der Waals surface area contributed by atoms with Gasteiger partial charge in [-0.1, -0.05) is 0 Å². The van der Waals surface area contributed by atoms with Gasteiger partial charge < -0.3 is 40.0 Å². The molecule has 1 unspecified atom stereocenters. The molecule has 20 heavy (non-hydrogen) atoms. The normalized spacial score (nSPS) is 32.5. The maximum Gasteiger partial charge on any atom is 1.00 e. The van der Waals surface area contributed by atoms with Crippen LogP contribution >= 0.6 is 12.4 Å². The van der Waals surface area contributed by atoms with E-state index in [2.05, 4.69) is 0 Å². The van der Waals surface area contributed by atoms with Crippen molar-refractivity contribution < 1.29 is 102 Å². The Morgan fingerprint density at radius 3 is 1.75 bits per heavy atom. The second-order valence-corrected chi connectivity index (χ2v) is 4.03. The molecule has 0 aromatic carbocycles. The van der Waals surface area contributed by atoms with Gasteiger partial charge in [0, 0.05) is 10.4 Å². The van der Waals surface area contributed by atoms with Crippen LogP contribution < -0.4 is 64.8 Å². The van der Waals surface area contributed by atoms with Crippen molar-refractivity contribution in [3.63, 3.8) is 0 Å². The van der Waals surface area contributed by atoms with Crippen molar-refractivity contribution in [2.24, 2.45) is 5.73 Å². The molecule has 0 bridgehead atoms. The molecule has 112 valence electrons. The summed E-state index contributed by atoms with van der Waals surface area (Å²) >= 11 is 0. The SMILES string of the molecule is Cl.N[C@H]1C(O)O[C@H](CO)[C@@H](O)[C@@H]1O.O=S(=O)([O-])[O-].[Na+].[Na+]. The van der Waals surface area contributed by atoms with E-state index < -0.39 is 47.6 Å². The smallest absolute Gasteiger partial charge is 0.759 e. The molecule has 14 heteroatoms. The Morgan fingerprint density at radius 1 is 1.10 bits per heavy atom. The number of hydrogen-bond acceptors (Lipinski definition) is 10. The molecule has 0 amide bonds. The third-order valence-corrected chi connectivity index (χ3v) is 1.95. The van der Waals surface area contributed by atoms with E-state index >= 15 is 0 Å². The number of aliphatic hydroxyl groups is 4. The molecule has 1 aliphatic rings. The minimum Gasteiger partial charge on any atom is -0.759 e. The summed E-state index contributed by atoms with van der Waals surface area (Å²) in [5, 5.41) is 36.1. The monoisotopic (exact) mass is 357 g/mol. The van der Waals surface area contributed by atoms with Crippen LogP contribution in [0.3, 0.4) is 0 Å². The van der Waals surface area contributed by atoms with Crippen molar-refractivity contribution in [3.05, 3.63) is 0 Å². The first-order chi connectivity index (χ1) is 7.57. The number of aliphatic hydroxyl groups excluding tert-OH is 4. The molecule has 6 N–H and O–H groups in total.